The maximum absolute atomic E-state index is 12.8. The molecule has 2 aromatic carbocycles. The molecule has 0 aliphatic rings. The van der Waals surface area contributed by atoms with E-state index in [2.05, 4.69) is 12.6 Å². The average Bonchev–Trinajstić information content (AvgIpc) is 2.31. The van der Waals surface area contributed by atoms with Crippen LogP contribution in [0.15, 0.2) is 47.4 Å². The maximum Gasteiger partial charge on any atom is 0.270 e. The molecule has 0 aromatic heterocycles. The topological polar surface area (TPSA) is 43.1 Å². The molecular weight excluding hydrogens is 241 g/mol. The molecule has 3 nitrogen and oxygen atoms in total. The average molecular weight is 249 g/mol. The highest BCUT2D eigenvalue weighted by Gasteiger charge is 2.10. The van der Waals surface area contributed by atoms with Gasteiger partial charge in [0.1, 0.15) is 5.82 Å². The quantitative estimate of drug-likeness (QED) is 0.501. The first-order chi connectivity index (χ1) is 8.08. The van der Waals surface area contributed by atoms with Crippen LogP contribution in [0.25, 0.3) is 11.1 Å². The number of rotatable bonds is 2. The van der Waals surface area contributed by atoms with Gasteiger partial charge in [-0.25, -0.2) is 4.39 Å². The number of nitro groups is 1. The monoisotopic (exact) mass is 249 g/mol. The molecule has 0 saturated heterocycles. The van der Waals surface area contributed by atoms with Gasteiger partial charge < -0.3 is 0 Å². The maximum atomic E-state index is 12.8. The van der Waals surface area contributed by atoms with Crippen molar-refractivity contribution in [3.05, 3.63) is 58.4 Å². The minimum absolute atomic E-state index is 0.0119. The van der Waals surface area contributed by atoms with E-state index in [4.69, 9.17) is 0 Å². The second-order valence-electron chi connectivity index (χ2n) is 3.47. The van der Waals surface area contributed by atoms with Gasteiger partial charge >= 0.3 is 0 Å². The molecule has 0 amide bonds. The molecule has 0 heterocycles. The molecule has 0 saturated carbocycles. The van der Waals surface area contributed by atoms with Crippen molar-refractivity contribution in [3.8, 4) is 11.1 Å². The lowest BCUT2D eigenvalue weighted by molar-refractivity contribution is -0.384. The predicted molar refractivity (Wildman–Crippen MR) is 65.7 cm³/mol. The Morgan fingerprint density at radius 3 is 2.35 bits per heavy atom. The van der Waals surface area contributed by atoms with Crippen LogP contribution in [0.5, 0.6) is 0 Å². The minimum Gasteiger partial charge on any atom is -0.258 e. The summed E-state index contributed by atoms with van der Waals surface area (Å²) in [6, 6.07) is 10.1. The van der Waals surface area contributed by atoms with Crippen molar-refractivity contribution in [2.75, 3.05) is 0 Å². The van der Waals surface area contributed by atoms with E-state index in [0.29, 0.717) is 16.0 Å². The Labute approximate surface area is 102 Å². The van der Waals surface area contributed by atoms with Gasteiger partial charge in [0, 0.05) is 22.6 Å². The van der Waals surface area contributed by atoms with Crippen LogP contribution >= 0.6 is 12.6 Å². The normalized spacial score (nSPS) is 10.2. The molecule has 0 bridgehead atoms. The highest BCUT2D eigenvalue weighted by Crippen LogP contribution is 2.30. The van der Waals surface area contributed by atoms with Crippen molar-refractivity contribution in [1.29, 1.82) is 0 Å². The molecule has 5 heteroatoms. The highest BCUT2D eigenvalue weighted by atomic mass is 32.1. The zero-order valence-corrected chi connectivity index (χ0v) is 9.52. The molecule has 86 valence electrons. The molecule has 0 aliphatic carbocycles. The van der Waals surface area contributed by atoms with Gasteiger partial charge in [0.2, 0.25) is 0 Å². The van der Waals surface area contributed by atoms with Crippen LogP contribution < -0.4 is 0 Å². The van der Waals surface area contributed by atoms with Gasteiger partial charge in [-0.15, -0.1) is 12.6 Å². The van der Waals surface area contributed by atoms with Crippen LogP contribution in [0.3, 0.4) is 0 Å². The smallest absolute Gasteiger partial charge is 0.258 e. The van der Waals surface area contributed by atoms with Gasteiger partial charge in [-0.05, 0) is 23.8 Å². The molecule has 0 N–H and O–H groups in total. The first-order valence-corrected chi connectivity index (χ1v) is 5.26. The molecule has 17 heavy (non-hydrogen) atoms. The van der Waals surface area contributed by atoms with E-state index in [1.807, 2.05) is 0 Å². The van der Waals surface area contributed by atoms with E-state index in [1.165, 1.54) is 24.3 Å². The van der Waals surface area contributed by atoms with Gasteiger partial charge in [-0.3, -0.25) is 10.1 Å². The van der Waals surface area contributed by atoms with Crippen LogP contribution in [-0.4, -0.2) is 4.92 Å². The van der Waals surface area contributed by atoms with Crippen LogP contribution in [-0.2, 0) is 0 Å². The molecule has 0 spiro atoms. The summed E-state index contributed by atoms with van der Waals surface area (Å²) in [5.41, 5.74) is 1.30. The van der Waals surface area contributed by atoms with Crippen LogP contribution in [0, 0.1) is 15.9 Å². The number of halogens is 1. The third-order valence-corrected chi connectivity index (χ3v) is 2.74. The first kappa shape index (κ1) is 11.6. The van der Waals surface area contributed by atoms with Gasteiger partial charge in [0.25, 0.3) is 5.69 Å². The number of thiol groups is 1. The van der Waals surface area contributed by atoms with Crippen molar-refractivity contribution in [2.45, 2.75) is 4.90 Å². The minimum atomic E-state index is -0.472. The summed E-state index contributed by atoms with van der Waals surface area (Å²) in [6.45, 7) is 0. The molecule has 0 unspecified atom stereocenters. The van der Waals surface area contributed by atoms with E-state index in [0.717, 1.165) is 0 Å². The van der Waals surface area contributed by atoms with E-state index >= 15 is 0 Å². The van der Waals surface area contributed by atoms with Crippen molar-refractivity contribution in [1.82, 2.24) is 0 Å². The fourth-order valence-corrected chi connectivity index (χ4v) is 1.77. The summed E-state index contributed by atoms with van der Waals surface area (Å²) in [5, 5.41) is 10.7. The molecule has 0 aliphatic heterocycles. The largest absolute Gasteiger partial charge is 0.270 e. The van der Waals surface area contributed by atoms with E-state index in [-0.39, 0.29) is 11.5 Å². The Morgan fingerprint density at radius 2 is 1.76 bits per heavy atom. The zero-order valence-electron chi connectivity index (χ0n) is 8.63. The molecule has 2 rings (SSSR count). The van der Waals surface area contributed by atoms with E-state index < -0.39 is 4.92 Å². The number of nitrogens with zero attached hydrogens (tertiary/aromatic N) is 1. The van der Waals surface area contributed by atoms with E-state index in [9.17, 15) is 14.5 Å². The van der Waals surface area contributed by atoms with Gasteiger partial charge in [0.15, 0.2) is 0 Å². The number of benzene rings is 2. The number of hydrogen-bond acceptors (Lipinski definition) is 3. The first-order valence-electron chi connectivity index (χ1n) is 4.81. The Bertz CT molecular complexity index is 569. The molecular formula is C12H8FNO2S. The van der Waals surface area contributed by atoms with Gasteiger partial charge in [-0.1, -0.05) is 12.1 Å². The van der Waals surface area contributed by atoms with Crippen molar-refractivity contribution in [2.24, 2.45) is 0 Å². The zero-order chi connectivity index (χ0) is 12.4. The number of hydrogen-bond donors (Lipinski definition) is 1. The second-order valence-corrected chi connectivity index (χ2v) is 3.95. The van der Waals surface area contributed by atoms with Gasteiger partial charge in [0.05, 0.1) is 4.92 Å². The lowest BCUT2D eigenvalue weighted by Gasteiger charge is -2.05. The number of nitro benzene ring substituents is 1. The van der Waals surface area contributed by atoms with Crippen molar-refractivity contribution in [3.63, 3.8) is 0 Å². The lowest BCUT2D eigenvalue weighted by Crippen LogP contribution is -1.89. The van der Waals surface area contributed by atoms with Gasteiger partial charge in [-0.2, -0.15) is 0 Å². The SMILES string of the molecule is O=[N+]([O-])c1ccc(S)c(-c2ccc(F)cc2)c1. The van der Waals surface area contributed by atoms with Crippen LogP contribution in [0.2, 0.25) is 0 Å². The number of non-ortho nitro benzene ring substituents is 1. The Kier molecular flexibility index (Phi) is 3.10. The Hall–Kier alpha value is -1.88. The highest BCUT2D eigenvalue weighted by molar-refractivity contribution is 7.80. The Morgan fingerprint density at radius 1 is 1.12 bits per heavy atom. The van der Waals surface area contributed by atoms with Crippen LogP contribution in [0.1, 0.15) is 0 Å². The summed E-state index contributed by atoms with van der Waals surface area (Å²) < 4.78 is 12.8. The summed E-state index contributed by atoms with van der Waals surface area (Å²) >= 11 is 4.23. The van der Waals surface area contributed by atoms with Crippen molar-refractivity contribution >= 4 is 18.3 Å². The summed E-state index contributed by atoms with van der Waals surface area (Å²) in [6.07, 6.45) is 0. The molecule has 0 fully saturated rings. The third kappa shape index (κ3) is 2.45. The standard InChI is InChI=1S/C12H8FNO2S/c13-9-3-1-8(2-4-9)11-7-10(14(15)16)5-6-12(11)17/h1-7,17H. The summed E-state index contributed by atoms with van der Waals surface area (Å²) in [7, 11) is 0. The predicted octanol–water partition coefficient (Wildman–Crippen LogP) is 3.69. The molecule has 2 aromatic rings. The van der Waals surface area contributed by atoms with Crippen LogP contribution in [0.4, 0.5) is 10.1 Å². The molecule has 0 atom stereocenters. The van der Waals surface area contributed by atoms with E-state index in [1.54, 1.807) is 18.2 Å². The van der Waals surface area contributed by atoms with Crippen molar-refractivity contribution < 1.29 is 9.31 Å². The fourth-order valence-electron chi connectivity index (χ4n) is 1.50. The summed E-state index contributed by atoms with van der Waals surface area (Å²) in [5.74, 6) is -0.347. The summed E-state index contributed by atoms with van der Waals surface area (Å²) in [4.78, 5) is 10.8. The molecule has 0 radical (unpaired) electrons. The lowest BCUT2D eigenvalue weighted by atomic mass is 10.1. The second kappa shape index (κ2) is 4.55. The fraction of sp³-hybridized carbons (Fsp3) is 0. The third-order valence-electron chi connectivity index (χ3n) is 2.35. The Balaban J connectivity index is 2.54.